The van der Waals surface area contributed by atoms with Crippen LogP contribution in [0.1, 0.15) is 0 Å². The van der Waals surface area contributed by atoms with Crippen molar-refractivity contribution < 1.29 is 4.42 Å². The molecule has 8 aromatic carbocycles. The molecule has 226 valence electrons. The van der Waals surface area contributed by atoms with E-state index in [0.717, 1.165) is 44.6 Å². The second-order valence-corrected chi connectivity index (χ2v) is 12.1. The van der Waals surface area contributed by atoms with Gasteiger partial charge in [0.2, 0.25) is 0 Å². The van der Waals surface area contributed by atoms with E-state index in [-0.39, 0.29) is 0 Å². The van der Waals surface area contributed by atoms with Crippen LogP contribution in [0.25, 0.3) is 66.1 Å². The minimum atomic E-state index is 0.907. The first kappa shape index (κ1) is 27.9. The van der Waals surface area contributed by atoms with E-state index in [0.29, 0.717) is 0 Å². The Morgan fingerprint density at radius 2 is 0.792 bits per heavy atom. The van der Waals surface area contributed by atoms with Gasteiger partial charge in [-0.3, -0.25) is 0 Å². The first-order valence-electron chi connectivity index (χ1n) is 16.3. The zero-order chi connectivity index (χ0) is 31.9. The summed E-state index contributed by atoms with van der Waals surface area (Å²) in [5.41, 5.74) is 12.3. The lowest BCUT2D eigenvalue weighted by Gasteiger charge is -2.26. The van der Waals surface area contributed by atoms with Crippen molar-refractivity contribution in [2.45, 2.75) is 0 Å². The number of benzene rings is 8. The number of fused-ring (bicyclic) bond motifs is 4. The average Bonchev–Trinajstić information content (AvgIpc) is 3.55. The molecule has 9 aromatic rings. The van der Waals surface area contributed by atoms with Crippen molar-refractivity contribution >= 4 is 49.8 Å². The molecule has 2 heteroatoms. The molecule has 0 fully saturated rings. The molecule has 0 atom stereocenters. The van der Waals surface area contributed by atoms with Crippen LogP contribution in [0.2, 0.25) is 0 Å². The third kappa shape index (κ3) is 4.92. The van der Waals surface area contributed by atoms with Gasteiger partial charge in [0.1, 0.15) is 11.2 Å². The van der Waals surface area contributed by atoms with Crippen molar-refractivity contribution in [3.63, 3.8) is 0 Å². The highest BCUT2D eigenvalue weighted by molar-refractivity contribution is 6.12. The smallest absolute Gasteiger partial charge is 0.136 e. The molecule has 0 spiro atoms. The van der Waals surface area contributed by atoms with Gasteiger partial charge in [-0.1, -0.05) is 140 Å². The molecule has 0 bridgehead atoms. The second kappa shape index (κ2) is 11.8. The van der Waals surface area contributed by atoms with E-state index < -0.39 is 0 Å². The summed E-state index contributed by atoms with van der Waals surface area (Å²) in [6, 6.07) is 66.9. The summed E-state index contributed by atoms with van der Waals surface area (Å²) in [4.78, 5) is 2.33. The van der Waals surface area contributed by atoms with Crippen molar-refractivity contribution in [1.82, 2.24) is 0 Å². The van der Waals surface area contributed by atoms with Gasteiger partial charge >= 0.3 is 0 Å². The Bertz CT molecular complexity index is 2520. The van der Waals surface area contributed by atoms with E-state index in [1.165, 1.54) is 38.6 Å². The second-order valence-electron chi connectivity index (χ2n) is 12.1. The molecule has 48 heavy (non-hydrogen) atoms. The number of nitrogens with zero attached hydrogens (tertiary/aromatic N) is 1. The van der Waals surface area contributed by atoms with Gasteiger partial charge in [0, 0.05) is 27.8 Å². The molecule has 0 aliphatic rings. The highest BCUT2D eigenvalue weighted by Gasteiger charge is 2.16. The van der Waals surface area contributed by atoms with Gasteiger partial charge in [-0.2, -0.15) is 0 Å². The number of furan rings is 1. The molecule has 0 saturated heterocycles. The summed E-state index contributed by atoms with van der Waals surface area (Å²) in [7, 11) is 0. The quantitative estimate of drug-likeness (QED) is 0.185. The van der Waals surface area contributed by atoms with Gasteiger partial charge in [0.05, 0.1) is 0 Å². The van der Waals surface area contributed by atoms with Crippen molar-refractivity contribution in [3.05, 3.63) is 188 Å². The third-order valence-corrected chi connectivity index (χ3v) is 9.30. The van der Waals surface area contributed by atoms with Crippen LogP contribution in [-0.2, 0) is 0 Å². The largest absolute Gasteiger partial charge is 0.456 e. The maximum absolute atomic E-state index is 6.19. The molecule has 9 rings (SSSR count). The molecular formula is C46H31NO. The summed E-state index contributed by atoms with van der Waals surface area (Å²) in [6.07, 6.45) is 0. The predicted molar refractivity (Wildman–Crippen MR) is 202 cm³/mol. The normalized spacial score (nSPS) is 11.3. The molecule has 0 amide bonds. The summed E-state index contributed by atoms with van der Waals surface area (Å²) in [5.74, 6) is 0. The third-order valence-electron chi connectivity index (χ3n) is 9.30. The SMILES string of the molecule is c1ccc(-c2ccc(N(c3ccc(-c4cccc5ccccc45)cc3)c3ccc(-c4cccc5oc6ccccc6c45)cc3)cc2)cc1. The Kier molecular flexibility index (Phi) is 6.84. The van der Waals surface area contributed by atoms with Crippen molar-refractivity contribution in [2.24, 2.45) is 0 Å². The topological polar surface area (TPSA) is 16.4 Å². The standard InChI is InChI=1S/C46H31NO/c1-2-10-32(11-3-1)33-20-26-37(27-21-33)47(38-28-22-35(23-29-38)41-16-8-13-34-12-4-5-14-40(34)41)39-30-24-36(25-31-39)42-17-9-19-45-46(42)43-15-6-7-18-44(43)48-45/h1-31H. The summed E-state index contributed by atoms with van der Waals surface area (Å²) in [6.45, 7) is 0. The lowest BCUT2D eigenvalue weighted by atomic mass is 9.97. The van der Waals surface area contributed by atoms with Crippen LogP contribution >= 0.6 is 0 Å². The fourth-order valence-electron chi connectivity index (χ4n) is 6.95. The molecule has 2 nitrogen and oxygen atoms in total. The van der Waals surface area contributed by atoms with Gasteiger partial charge in [-0.05, 0) is 92.7 Å². The molecular weight excluding hydrogens is 583 g/mol. The predicted octanol–water partition coefficient (Wildman–Crippen LogP) is 13.2. The maximum atomic E-state index is 6.19. The maximum Gasteiger partial charge on any atom is 0.136 e. The minimum Gasteiger partial charge on any atom is -0.456 e. The van der Waals surface area contributed by atoms with Crippen LogP contribution in [0.5, 0.6) is 0 Å². The van der Waals surface area contributed by atoms with Crippen molar-refractivity contribution in [3.8, 4) is 33.4 Å². The molecule has 0 N–H and O–H groups in total. The Hall–Kier alpha value is -6.38. The lowest BCUT2D eigenvalue weighted by Crippen LogP contribution is -2.09. The number of hydrogen-bond donors (Lipinski definition) is 0. The molecule has 1 heterocycles. The van der Waals surface area contributed by atoms with Gasteiger partial charge in [-0.15, -0.1) is 0 Å². The molecule has 0 saturated carbocycles. The molecule has 1 aromatic heterocycles. The fourth-order valence-corrected chi connectivity index (χ4v) is 6.95. The van der Waals surface area contributed by atoms with E-state index in [1.54, 1.807) is 0 Å². The summed E-state index contributed by atoms with van der Waals surface area (Å²) < 4.78 is 6.19. The number of para-hydroxylation sites is 1. The zero-order valence-corrected chi connectivity index (χ0v) is 26.3. The molecule has 0 unspecified atom stereocenters. The van der Waals surface area contributed by atoms with Gasteiger partial charge in [-0.25, -0.2) is 0 Å². The number of rotatable bonds is 6. The first-order valence-corrected chi connectivity index (χ1v) is 16.3. The van der Waals surface area contributed by atoms with Crippen molar-refractivity contribution in [2.75, 3.05) is 4.90 Å². The summed E-state index contributed by atoms with van der Waals surface area (Å²) in [5, 5.41) is 4.80. The summed E-state index contributed by atoms with van der Waals surface area (Å²) >= 11 is 0. The van der Waals surface area contributed by atoms with Crippen LogP contribution in [0.15, 0.2) is 192 Å². The van der Waals surface area contributed by atoms with Crippen molar-refractivity contribution in [1.29, 1.82) is 0 Å². The van der Waals surface area contributed by atoms with E-state index in [4.69, 9.17) is 4.42 Å². The van der Waals surface area contributed by atoms with E-state index in [9.17, 15) is 0 Å². The highest BCUT2D eigenvalue weighted by atomic mass is 16.3. The van der Waals surface area contributed by atoms with Gasteiger partial charge < -0.3 is 9.32 Å². The van der Waals surface area contributed by atoms with Gasteiger partial charge in [0.25, 0.3) is 0 Å². The zero-order valence-electron chi connectivity index (χ0n) is 26.3. The van der Waals surface area contributed by atoms with Crippen LogP contribution in [0, 0.1) is 0 Å². The molecule has 0 aliphatic carbocycles. The first-order chi connectivity index (χ1) is 23.8. The van der Waals surface area contributed by atoms with Crippen LogP contribution in [0.4, 0.5) is 17.1 Å². The highest BCUT2D eigenvalue weighted by Crippen LogP contribution is 2.40. The lowest BCUT2D eigenvalue weighted by molar-refractivity contribution is 0.669. The molecule has 0 radical (unpaired) electrons. The molecule has 0 aliphatic heterocycles. The Morgan fingerprint density at radius 1 is 0.312 bits per heavy atom. The van der Waals surface area contributed by atoms with E-state index >= 15 is 0 Å². The number of anilines is 3. The monoisotopic (exact) mass is 613 g/mol. The van der Waals surface area contributed by atoms with Crippen LogP contribution in [0.3, 0.4) is 0 Å². The van der Waals surface area contributed by atoms with E-state index in [2.05, 4.69) is 181 Å². The minimum absolute atomic E-state index is 0.907. The van der Waals surface area contributed by atoms with Gasteiger partial charge in [0.15, 0.2) is 0 Å². The number of hydrogen-bond acceptors (Lipinski definition) is 2. The Balaban J connectivity index is 1.13. The fraction of sp³-hybridized carbons (Fsp3) is 0. The van der Waals surface area contributed by atoms with Crippen LogP contribution < -0.4 is 4.90 Å². The average molecular weight is 614 g/mol. The Morgan fingerprint density at radius 3 is 1.50 bits per heavy atom. The Labute approximate surface area is 279 Å². The van der Waals surface area contributed by atoms with E-state index in [1.807, 2.05) is 12.1 Å². The van der Waals surface area contributed by atoms with Crippen LogP contribution in [-0.4, -0.2) is 0 Å².